The molecule has 0 aliphatic rings. The van der Waals surface area contributed by atoms with E-state index in [4.69, 9.17) is 0 Å². The standard InChI is InChI=1S/C12H11F3N2O3/c1-2-9(18)5-3-6-8(4-7(5)12(13,14)15)16-11(20)17-10(6)19/h3-4,9,18H,2H2,1H3,(H2,16,17,19,20). The lowest BCUT2D eigenvalue weighted by molar-refractivity contribution is -0.139. The lowest BCUT2D eigenvalue weighted by Crippen LogP contribution is -2.23. The van der Waals surface area contributed by atoms with Crippen LogP contribution in [0.2, 0.25) is 0 Å². The molecule has 0 bridgehead atoms. The Balaban J connectivity index is 2.89. The van der Waals surface area contributed by atoms with E-state index < -0.39 is 29.1 Å². The Labute approximate surface area is 110 Å². The number of hydrogen-bond donors (Lipinski definition) is 3. The first-order valence-corrected chi connectivity index (χ1v) is 5.79. The smallest absolute Gasteiger partial charge is 0.388 e. The van der Waals surface area contributed by atoms with Gasteiger partial charge in [-0.15, -0.1) is 0 Å². The van der Waals surface area contributed by atoms with Gasteiger partial charge in [0, 0.05) is 0 Å². The molecule has 8 heteroatoms. The summed E-state index contributed by atoms with van der Waals surface area (Å²) >= 11 is 0. The highest BCUT2D eigenvalue weighted by Gasteiger charge is 2.35. The zero-order valence-corrected chi connectivity index (χ0v) is 10.3. The topological polar surface area (TPSA) is 85.9 Å². The SMILES string of the molecule is CCC(O)c1cc2c(=O)[nH]c(=O)[nH]c2cc1C(F)(F)F. The van der Waals surface area contributed by atoms with Crippen LogP contribution in [0.5, 0.6) is 0 Å². The van der Waals surface area contributed by atoms with E-state index in [-0.39, 0.29) is 22.9 Å². The van der Waals surface area contributed by atoms with Gasteiger partial charge in [-0.05, 0) is 24.1 Å². The van der Waals surface area contributed by atoms with Gasteiger partial charge in [0.1, 0.15) is 0 Å². The summed E-state index contributed by atoms with van der Waals surface area (Å²) in [4.78, 5) is 26.7. The molecule has 0 fully saturated rings. The minimum absolute atomic E-state index is 0.0653. The van der Waals surface area contributed by atoms with E-state index >= 15 is 0 Å². The molecule has 0 aliphatic carbocycles. The highest BCUT2D eigenvalue weighted by atomic mass is 19.4. The lowest BCUT2D eigenvalue weighted by atomic mass is 9.98. The van der Waals surface area contributed by atoms with Crippen molar-refractivity contribution in [2.45, 2.75) is 25.6 Å². The van der Waals surface area contributed by atoms with Gasteiger partial charge in [-0.25, -0.2) is 4.79 Å². The third kappa shape index (κ3) is 2.46. The van der Waals surface area contributed by atoms with Crippen LogP contribution in [0.15, 0.2) is 21.7 Å². The molecule has 0 saturated carbocycles. The number of aromatic nitrogens is 2. The van der Waals surface area contributed by atoms with Gasteiger partial charge in [0.15, 0.2) is 0 Å². The largest absolute Gasteiger partial charge is 0.416 e. The lowest BCUT2D eigenvalue weighted by Gasteiger charge is -2.17. The number of hydrogen-bond acceptors (Lipinski definition) is 3. The molecule has 3 N–H and O–H groups in total. The molecule has 1 heterocycles. The fourth-order valence-electron chi connectivity index (χ4n) is 1.97. The first-order valence-electron chi connectivity index (χ1n) is 5.79. The van der Waals surface area contributed by atoms with Crippen molar-refractivity contribution >= 4 is 10.9 Å². The Bertz CT molecular complexity index is 761. The number of halogens is 3. The first-order chi connectivity index (χ1) is 9.24. The summed E-state index contributed by atoms with van der Waals surface area (Å²) in [7, 11) is 0. The molecule has 1 atom stereocenters. The molecule has 1 aromatic carbocycles. The molecule has 1 aromatic heterocycles. The van der Waals surface area contributed by atoms with Crippen LogP contribution in [0, 0.1) is 0 Å². The Hall–Kier alpha value is -2.09. The minimum atomic E-state index is -4.70. The van der Waals surface area contributed by atoms with Gasteiger partial charge in [-0.2, -0.15) is 13.2 Å². The van der Waals surface area contributed by atoms with E-state index in [1.165, 1.54) is 6.92 Å². The molecule has 0 saturated heterocycles. The van der Waals surface area contributed by atoms with E-state index in [2.05, 4.69) is 4.98 Å². The predicted octanol–water partition coefficient (Wildman–Crippen LogP) is 1.68. The number of aliphatic hydroxyl groups is 1. The summed E-state index contributed by atoms with van der Waals surface area (Å²) in [5.74, 6) is 0. The maximum atomic E-state index is 13.0. The number of rotatable bonds is 2. The van der Waals surface area contributed by atoms with Gasteiger partial charge in [0.25, 0.3) is 5.56 Å². The van der Waals surface area contributed by atoms with Gasteiger partial charge in [0.2, 0.25) is 0 Å². The molecule has 0 radical (unpaired) electrons. The second-order valence-electron chi connectivity index (χ2n) is 4.32. The average molecular weight is 288 g/mol. The van der Waals surface area contributed by atoms with Crippen molar-refractivity contribution in [1.82, 2.24) is 9.97 Å². The van der Waals surface area contributed by atoms with Crippen molar-refractivity contribution in [3.63, 3.8) is 0 Å². The molecule has 0 spiro atoms. The van der Waals surface area contributed by atoms with Crippen LogP contribution in [0.4, 0.5) is 13.2 Å². The number of alkyl halides is 3. The number of fused-ring (bicyclic) bond motifs is 1. The van der Waals surface area contributed by atoms with Crippen molar-refractivity contribution in [2.75, 3.05) is 0 Å². The molecule has 1 unspecified atom stereocenters. The fourth-order valence-corrected chi connectivity index (χ4v) is 1.97. The second kappa shape index (κ2) is 4.78. The predicted molar refractivity (Wildman–Crippen MR) is 65.4 cm³/mol. The molecule has 0 amide bonds. The highest BCUT2D eigenvalue weighted by molar-refractivity contribution is 5.79. The maximum Gasteiger partial charge on any atom is 0.416 e. The third-order valence-corrected chi connectivity index (χ3v) is 2.96. The van der Waals surface area contributed by atoms with Crippen molar-refractivity contribution in [2.24, 2.45) is 0 Å². The second-order valence-corrected chi connectivity index (χ2v) is 4.32. The van der Waals surface area contributed by atoms with E-state index in [0.29, 0.717) is 6.07 Å². The molecule has 20 heavy (non-hydrogen) atoms. The van der Waals surface area contributed by atoms with Crippen LogP contribution in [-0.2, 0) is 6.18 Å². The summed E-state index contributed by atoms with van der Waals surface area (Å²) in [6.07, 6.45) is -5.97. The molecule has 0 aliphatic heterocycles. The Morgan fingerprint density at radius 3 is 2.45 bits per heavy atom. The molecule has 2 aromatic rings. The summed E-state index contributed by atoms with van der Waals surface area (Å²) in [5, 5.41) is 9.58. The Kier molecular flexibility index (Phi) is 3.43. The number of H-pyrrole nitrogens is 2. The van der Waals surface area contributed by atoms with Crippen LogP contribution >= 0.6 is 0 Å². The zero-order chi connectivity index (χ0) is 15.1. The van der Waals surface area contributed by atoms with Crippen molar-refractivity contribution in [3.8, 4) is 0 Å². The molecule has 108 valence electrons. The number of aromatic amines is 2. The van der Waals surface area contributed by atoms with Crippen LogP contribution in [0.3, 0.4) is 0 Å². The van der Waals surface area contributed by atoms with Crippen LogP contribution in [0.1, 0.15) is 30.6 Å². The summed E-state index contributed by atoms with van der Waals surface area (Å²) in [5.41, 5.74) is -3.37. The normalized spacial score (nSPS) is 13.7. The Morgan fingerprint density at radius 1 is 1.25 bits per heavy atom. The number of benzene rings is 1. The third-order valence-electron chi connectivity index (χ3n) is 2.96. The average Bonchev–Trinajstić information content (AvgIpc) is 2.35. The van der Waals surface area contributed by atoms with Crippen LogP contribution < -0.4 is 11.2 Å². The van der Waals surface area contributed by atoms with Gasteiger partial charge in [-0.1, -0.05) is 6.92 Å². The molecular formula is C12H11F3N2O3. The quantitative estimate of drug-likeness (QED) is 0.785. The van der Waals surface area contributed by atoms with Gasteiger partial charge in [0.05, 0.1) is 22.6 Å². The monoisotopic (exact) mass is 288 g/mol. The fraction of sp³-hybridized carbons (Fsp3) is 0.333. The van der Waals surface area contributed by atoms with Crippen molar-refractivity contribution < 1.29 is 18.3 Å². The number of nitrogens with one attached hydrogen (secondary N) is 2. The number of aliphatic hydroxyl groups excluding tert-OH is 1. The highest BCUT2D eigenvalue weighted by Crippen LogP contribution is 2.36. The summed E-state index contributed by atoms with van der Waals surface area (Å²) in [6, 6.07) is 1.63. The van der Waals surface area contributed by atoms with E-state index in [9.17, 15) is 27.9 Å². The zero-order valence-electron chi connectivity index (χ0n) is 10.3. The van der Waals surface area contributed by atoms with Crippen molar-refractivity contribution in [3.05, 3.63) is 44.1 Å². The summed E-state index contributed by atoms with van der Waals surface area (Å²) < 4.78 is 39.0. The minimum Gasteiger partial charge on any atom is -0.388 e. The first kappa shape index (κ1) is 14.3. The molecular weight excluding hydrogens is 277 g/mol. The maximum absolute atomic E-state index is 13.0. The Morgan fingerprint density at radius 2 is 1.90 bits per heavy atom. The van der Waals surface area contributed by atoms with E-state index in [1.807, 2.05) is 4.98 Å². The van der Waals surface area contributed by atoms with Crippen LogP contribution in [0.25, 0.3) is 10.9 Å². The van der Waals surface area contributed by atoms with Gasteiger partial charge in [-0.3, -0.25) is 9.78 Å². The van der Waals surface area contributed by atoms with Crippen LogP contribution in [-0.4, -0.2) is 15.1 Å². The van der Waals surface area contributed by atoms with E-state index in [0.717, 1.165) is 6.07 Å². The molecule has 5 nitrogen and oxygen atoms in total. The van der Waals surface area contributed by atoms with E-state index in [1.54, 1.807) is 0 Å². The van der Waals surface area contributed by atoms with Gasteiger partial charge >= 0.3 is 11.9 Å². The summed E-state index contributed by atoms with van der Waals surface area (Å²) in [6.45, 7) is 1.52. The van der Waals surface area contributed by atoms with Gasteiger partial charge < -0.3 is 10.1 Å². The molecule has 2 rings (SSSR count). The van der Waals surface area contributed by atoms with Crippen molar-refractivity contribution in [1.29, 1.82) is 0 Å².